The molecule has 0 heterocycles. The molecule has 2 rings (SSSR count). The van der Waals surface area contributed by atoms with Crippen LogP contribution in [0.1, 0.15) is 17.3 Å². The van der Waals surface area contributed by atoms with Gasteiger partial charge in [-0.1, -0.05) is 30.3 Å². The number of carbonyl (C=O) groups is 2. The summed E-state index contributed by atoms with van der Waals surface area (Å²) in [7, 11) is 0. The van der Waals surface area contributed by atoms with E-state index in [4.69, 9.17) is 26.4 Å². The lowest BCUT2D eigenvalue weighted by Gasteiger charge is -2.13. The van der Waals surface area contributed by atoms with Crippen LogP contribution in [0.4, 0.5) is 0 Å². The van der Waals surface area contributed by atoms with Crippen LogP contribution < -0.4 is 25.6 Å². The highest BCUT2D eigenvalue weighted by molar-refractivity contribution is 7.80. The van der Waals surface area contributed by atoms with Gasteiger partial charge in [-0.05, 0) is 43.4 Å². The normalized spacial score (nSPS) is 9.97. The first-order valence-corrected chi connectivity index (χ1v) is 9.38. The van der Waals surface area contributed by atoms with Crippen LogP contribution in [0.2, 0.25) is 0 Å². The van der Waals surface area contributed by atoms with Crippen molar-refractivity contribution < 1.29 is 23.8 Å². The Labute approximate surface area is 174 Å². The van der Waals surface area contributed by atoms with E-state index in [-0.39, 0.29) is 11.7 Å². The maximum Gasteiger partial charge on any atom is 0.276 e. The van der Waals surface area contributed by atoms with Crippen molar-refractivity contribution in [1.29, 1.82) is 0 Å². The molecule has 2 aromatic rings. The molecule has 2 aromatic carbocycles. The summed E-state index contributed by atoms with van der Waals surface area (Å²) in [6.07, 6.45) is 0. The van der Waals surface area contributed by atoms with E-state index in [2.05, 4.69) is 16.2 Å². The van der Waals surface area contributed by atoms with Gasteiger partial charge >= 0.3 is 0 Å². The van der Waals surface area contributed by atoms with Crippen LogP contribution in [0.25, 0.3) is 0 Å². The first-order chi connectivity index (χ1) is 14.1. The SMILES string of the molecule is CCOCCOc1ccccc1C(=O)NC(=S)NNC(=O)COc1ccccc1. The van der Waals surface area contributed by atoms with Crippen molar-refractivity contribution in [2.75, 3.05) is 26.4 Å². The Kier molecular flexibility index (Phi) is 9.40. The predicted octanol–water partition coefficient (Wildman–Crippen LogP) is 1.82. The molecule has 9 heteroatoms. The third kappa shape index (κ3) is 8.16. The summed E-state index contributed by atoms with van der Waals surface area (Å²) in [5, 5.41) is 2.42. The summed E-state index contributed by atoms with van der Waals surface area (Å²) < 4.78 is 16.1. The Morgan fingerprint density at radius 3 is 2.41 bits per heavy atom. The number of nitrogens with one attached hydrogen (secondary N) is 3. The minimum Gasteiger partial charge on any atom is -0.490 e. The standard InChI is InChI=1S/C20H23N3O5S/c1-2-26-12-13-27-17-11-7-6-10-16(17)19(25)21-20(29)23-22-18(24)14-28-15-8-4-3-5-9-15/h3-11H,2,12-14H2,1H3,(H,22,24)(H2,21,23,25,29). The maximum absolute atomic E-state index is 12.4. The summed E-state index contributed by atoms with van der Waals surface area (Å²) in [5.74, 6) is 0.0571. The van der Waals surface area contributed by atoms with Crippen molar-refractivity contribution in [2.24, 2.45) is 0 Å². The highest BCUT2D eigenvalue weighted by Gasteiger charge is 2.14. The third-order valence-electron chi connectivity index (χ3n) is 3.48. The minimum atomic E-state index is -0.468. The largest absolute Gasteiger partial charge is 0.490 e. The number of rotatable bonds is 9. The molecule has 0 aliphatic heterocycles. The van der Waals surface area contributed by atoms with E-state index in [1.54, 1.807) is 48.5 Å². The van der Waals surface area contributed by atoms with Gasteiger partial charge in [-0.15, -0.1) is 0 Å². The predicted molar refractivity (Wildman–Crippen MR) is 112 cm³/mol. The van der Waals surface area contributed by atoms with Crippen molar-refractivity contribution in [3.63, 3.8) is 0 Å². The van der Waals surface area contributed by atoms with E-state index in [1.165, 1.54) is 0 Å². The first kappa shape index (κ1) is 22.1. The number of hydrogen-bond donors (Lipinski definition) is 3. The molecule has 0 saturated carbocycles. The summed E-state index contributed by atoms with van der Waals surface area (Å²) >= 11 is 5.03. The zero-order chi connectivity index (χ0) is 20.9. The average Bonchev–Trinajstić information content (AvgIpc) is 2.75. The second kappa shape index (κ2) is 12.3. The number of ether oxygens (including phenoxy) is 3. The molecular formula is C20H23N3O5S. The summed E-state index contributed by atoms with van der Waals surface area (Å²) in [6.45, 7) is 3.02. The molecule has 0 aromatic heterocycles. The van der Waals surface area contributed by atoms with Gasteiger partial charge in [-0.2, -0.15) is 0 Å². The molecule has 29 heavy (non-hydrogen) atoms. The van der Waals surface area contributed by atoms with E-state index in [0.717, 1.165) is 0 Å². The summed E-state index contributed by atoms with van der Waals surface area (Å²) in [5.41, 5.74) is 5.12. The number of amides is 2. The molecule has 154 valence electrons. The van der Waals surface area contributed by atoms with Crippen molar-refractivity contribution in [3.05, 3.63) is 60.2 Å². The van der Waals surface area contributed by atoms with Gasteiger partial charge in [0.1, 0.15) is 18.1 Å². The number of thiocarbonyl (C=S) groups is 1. The van der Waals surface area contributed by atoms with E-state index in [0.29, 0.717) is 36.9 Å². The summed E-state index contributed by atoms with van der Waals surface area (Å²) in [4.78, 5) is 24.2. The second-order valence-corrected chi connectivity index (χ2v) is 6.01. The lowest BCUT2D eigenvalue weighted by atomic mass is 10.2. The Balaban J connectivity index is 1.77. The molecule has 0 saturated heterocycles. The van der Waals surface area contributed by atoms with Crippen LogP contribution in [0.15, 0.2) is 54.6 Å². The number of para-hydroxylation sites is 2. The Hall–Kier alpha value is -3.17. The number of hydrazine groups is 1. The molecular weight excluding hydrogens is 394 g/mol. The fourth-order valence-corrected chi connectivity index (χ4v) is 2.31. The van der Waals surface area contributed by atoms with Gasteiger partial charge in [0.05, 0.1) is 12.2 Å². The van der Waals surface area contributed by atoms with Crippen molar-refractivity contribution in [2.45, 2.75) is 6.92 Å². The molecule has 0 atom stereocenters. The second-order valence-electron chi connectivity index (χ2n) is 5.60. The number of benzene rings is 2. The molecule has 0 bridgehead atoms. The van der Waals surface area contributed by atoms with E-state index >= 15 is 0 Å². The van der Waals surface area contributed by atoms with Crippen LogP contribution in [-0.4, -0.2) is 43.4 Å². The summed E-state index contributed by atoms with van der Waals surface area (Å²) in [6, 6.07) is 15.7. The first-order valence-electron chi connectivity index (χ1n) is 8.97. The zero-order valence-corrected chi connectivity index (χ0v) is 16.8. The minimum absolute atomic E-state index is 0.0628. The van der Waals surface area contributed by atoms with Crippen LogP contribution in [-0.2, 0) is 9.53 Å². The fourth-order valence-electron chi connectivity index (χ4n) is 2.16. The Morgan fingerprint density at radius 1 is 0.931 bits per heavy atom. The zero-order valence-electron chi connectivity index (χ0n) is 16.0. The van der Waals surface area contributed by atoms with Crippen LogP contribution in [0, 0.1) is 0 Å². The maximum atomic E-state index is 12.4. The van der Waals surface area contributed by atoms with E-state index < -0.39 is 11.8 Å². The monoisotopic (exact) mass is 417 g/mol. The topological polar surface area (TPSA) is 97.9 Å². The van der Waals surface area contributed by atoms with Gasteiger partial charge in [0, 0.05) is 6.61 Å². The Bertz CT molecular complexity index is 817. The van der Waals surface area contributed by atoms with Crippen molar-refractivity contribution >= 4 is 29.1 Å². The molecule has 3 N–H and O–H groups in total. The van der Waals surface area contributed by atoms with Crippen LogP contribution in [0.5, 0.6) is 11.5 Å². The molecule has 0 radical (unpaired) electrons. The average molecular weight is 417 g/mol. The van der Waals surface area contributed by atoms with Crippen molar-refractivity contribution in [3.8, 4) is 11.5 Å². The van der Waals surface area contributed by atoms with Crippen LogP contribution >= 0.6 is 12.2 Å². The lowest BCUT2D eigenvalue weighted by molar-refractivity contribution is -0.123. The third-order valence-corrected chi connectivity index (χ3v) is 3.68. The molecule has 0 unspecified atom stereocenters. The molecule has 0 spiro atoms. The van der Waals surface area contributed by atoms with Gasteiger partial charge in [0.25, 0.3) is 11.8 Å². The highest BCUT2D eigenvalue weighted by atomic mass is 32.1. The van der Waals surface area contributed by atoms with Gasteiger partial charge in [-0.3, -0.25) is 25.8 Å². The Morgan fingerprint density at radius 2 is 1.66 bits per heavy atom. The number of carbonyl (C=O) groups excluding carboxylic acids is 2. The molecule has 0 fully saturated rings. The van der Waals surface area contributed by atoms with Gasteiger partial charge in [0.2, 0.25) is 0 Å². The van der Waals surface area contributed by atoms with Gasteiger partial charge in [0.15, 0.2) is 11.7 Å². The fraction of sp³-hybridized carbons (Fsp3) is 0.250. The molecule has 0 aliphatic carbocycles. The molecule has 0 aliphatic rings. The molecule has 2 amide bonds. The molecule has 8 nitrogen and oxygen atoms in total. The lowest BCUT2D eigenvalue weighted by Crippen LogP contribution is -2.49. The smallest absolute Gasteiger partial charge is 0.276 e. The number of hydrogen-bond acceptors (Lipinski definition) is 6. The highest BCUT2D eigenvalue weighted by Crippen LogP contribution is 2.17. The van der Waals surface area contributed by atoms with Crippen LogP contribution in [0.3, 0.4) is 0 Å². The van der Waals surface area contributed by atoms with Gasteiger partial charge in [-0.25, -0.2) is 0 Å². The van der Waals surface area contributed by atoms with E-state index in [1.807, 2.05) is 13.0 Å². The quantitative estimate of drug-likeness (QED) is 0.325. The van der Waals surface area contributed by atoms with Gasteiger partial charge < -0.3 is 14.2 Å². The van der Waals surface area contributed by atoms with E-state index in [9.17, 15) is 9.59 Å². The van der Waals surface area contributed by atoms with Crippen molar-refractivity contribution in [1.82, 2.24) is 16.2 Å².